The minimum atomic E-state index is -0.463. The number of aliphatic hydroxyl groups excluding tert-OH is 1. The maximum Gasteiger partial charge on any atom is 0.0898 e. The minimum Gasteiger partial charge on any atom is -0.389 e. The Kier molecular flexibility index (Phi) is 6.57. The highest BCUT2D eigenvalue weighted by atomic mass is 35.5. The van der Waals surface area contributed by atoms with E-state index in [1.807, 2.05) is 18.2 Å². The number of hydrogen-bond donors (Lipinski definition) is 2. The number of ether oxygens (including phenoxy) is 1. The van der Waals surface area contributed by atoms with Crippen LogP contribution in [0.1, 0.15) is 57.1 Å². The van der Waals surface area contributed by atoms with E-state index >= 15 is 0 Å². The quantitative estimate of drug-likeness (QED) is 0.694. The first-order valence-electron chi connectivity index (χ1n) is 9.82. The molecule has 0 heterocycles. The highest BCUT2D eigenvalue weighted by molar-refractivity contribution is 6.30. The molecule has 0 radical (unpaired) electrons. The predicted octanol–water partition coefficient (Wildman–Crippen LogP) is 4.76. The van der Waals surface area contributed by atoms with Crippen LogP contribution in [0.25, 0.3) is 0 Å². The Balaban J connectivity index is 0.00000196. The lowest BCUT2D eigenvalue weighted by molar-refractivity contribution is -0.174. The van der Waals surface area contributed by atoms with Crippen molar-refractivity contribution in [2.75, 3.05) is 13.2 Å². The SMILES string of the molecule is CC(NCC(O)COC12CC3CC(CC(C3)C1)C2)c1cccc(Cl)c1.Cl. The van der Waals surface area contributed by atoms with Gasteiger partial charge in [0.05, 0.1) is 18.3 Å². The molecule has 146 valence electrons. The average molecular weight is 400 g/mol. The van der Waals surface area contributed by atoms with Crippen LogP contribution in [0, 0.1) is 17.8 Å². The molecule has 1 aromatic carbocycles. The molecule has 0 aromatic heterocycles. The molecular formula is C21H31Cl2NO2. The Labute approximate surface area is 168 Å². The normalized spacial score (nSPS) is 34.3. The fraction of sp³-hybridized carbons (Fsp3) is 0.714. The van der Waals surface area contributed by atoms with E-state index in [0.717, 1.165) is 28.3 Å². The van der Waals surface area contributed by atoms with Gasteiger partial charge in [-0.3, -0.25) is 0 Å². The largest absolute Gasteiger partial charge is 0.389 e. The fourth-order valence-corrected chi connectivity index (χ4v) is 5.95. The number of benzene rings is 1. The second kappa shape index (κ2) is 8.36. The van der Waals surface area contributed by atoms with Crippen molar-refractivity contribution < 1.29 is 9.84 Å². The van der Waals surface area contributed by atoms with Gasteiger partial charge in [-0.25, -0.2) is 0 Å². The van der Waals surface area contributed by atoms with Crippen molar-refractivity contribution in [2.24, 2.45) is 17.8 Å². The van der Waals surface area contributed by atoms with Crippen LogP contribution in [-0.2, 0) is 4.74 Å². The van der Waals surface area contributed by atoms with E-state index in [0.29, 0.717) is 13.2 Å². The van der Waals surface area contributed by atoms with Crippen LogP contribution in [0.15, 0.2) is 24.3 Å². The highest BCUT2D eigenvalue weighted by Gasteiger charge is 2.51. The van der Waals surface area contributed by atoms with Crippen molar-refractivity contribution in [3.05, 3.63) is 34.9 Å². The third kappa shape index (κ3) is 4.56. The van der Waals surface area contributed by atoms with Gasteiger partial charge in [0, 0.05) is 17.6 Å². The lowest BCUT2D eigenvalue weighted by atomic mass is 9.54. The van der Waals surface area contributed by atoms with E-state index in [9.17, 15) is 5.11 Å². The first-order chi connectivity index (χ1) is 12.0. The standard InChI is InChI=1S/C21H30ClNO2.ClH/c1-14(18-3-2-4-19(22)8-18)23-12-20(24)13-25-21-9-15-5-16(10-21)7-17(6-15)11-21;/h2-4,8,14-17,20,23-24H,5-7,9-13H2,1H3;1H. The summed E-state index contributed by atoms with van der Waals surface area (Å²) < 4.78 is 6.35. The third-order valence-corrected chi connectivity index (χ3v) is 6.81. The fourth-order valence-electron chi connectivity index (χ4n) is 5.75. The molecule has 4 fully saturated rings. The van der Waals surface area contributed by atoms with Crippen LogP contribution in [-0.4, -0.2) is 30.0 Å². The van der Waals surface area contributed by atoms with E-state index < -0.39 is 6.10 Å². The van der Waals surface area contributed by atoms with Crippen LogP contribution in [0.3, 0.4) is 0 Å². The monoisotopic (exact) mass is 399 g/mol. The van der Waals surface area contributed by atoms with Gasteiger partial charge in [-0.05, 0) is 80.9 Å². The van der Waals surface area contributed by atoms with Gasteiger partial charge >= 0.3 is 0 Å². The molecule has 3 nitrogen and oxygen atoms in total. The summed E-state index contributed by atoms with van der Waals surface area (Å²) in [4.78, 5) is 0. The van der Waals surface area contributed by atoms with Gasteiger partial charge in [0.25, 0.3) is 0 Å². The van der Waals surface area contributed by atoms with Gasteiger partial charge in [0.1, 0.15) is 0 Å². The van der Waals surface area contributed by atoms with Gasteiger partial charge in [-0.2, -0.15) is 0 Å². The maximum atomic E-state index is 10.4. The van der Waals surface area contributed by atoms with Crippen LogP contribution < -0.4 is 5.32 Å². The average Bonchev–Trinajstić information content (AvgIpc) is 2.57. The van der Waals surface area contributed by atoms with Gasteiger partial charge < -0.3 is 15.2 Å². The topological polar surface area (TPSA) is 41.5 Å². The highest BCUT2D eigenvalue weighted by Crippen LogP contribution is 2.57. The summed E-state index contributed by atoms with van der Waals surface area (Å²) in [6.07, 6.45) is 7.46. The number of aliphatic hydroxyl groups is 1. The van der Waals surface area contributed by atoms with E-state index in [1.165, 1.54) is 38.5 Å². The molecule has 1 aromatic rings. The summed E-state index contributed by atoms with van der Waals surface area (Å²) in [5, 5.41) is 14.5. The molecule has 4 aliphatic carbocycles. The Bertz CT molecular complexity index is 574. The van der Waals surface area contributed by atoms with Crippen molar-refractivity contribution >= 4 is 24.0 Å². The molecule has 5 rings (SSSR count). The first-order valence-corrected chi connectivity index (χ1v) is 10.2. The third-order valence-electron chi connectivity index (χ3n) is 6.57. The lowest BCUT2D eigenvalue weighted by Crippen LogP contribution is -2.53. The van der Waals surface area contributed by atoms with Gasteiger partial charge in [-0.15, -0.1) is 12.4 Å². The molecule has 5 heteroatoms. The number of hydrogen-bond acceptors (Lipinski definition) is 3. The predicted molar refractivity (Wildman–Crippen MR) is 108 cm³/mol. The van der Waals surface area contributed by atoms with E-state index in [1.54, 1.807) is 0 Å². The lowest BCUT2D eigenvalue weighted by Gasteiger charge is -2.56. The van der Waals surface area contributed by atoms with Gasteiger partial charge in [0.15, 0.2) is 0 Å². The maximum absolute atomic E-state index is 10.4. The van der Waals surface area contributed by atoms with Crippen molar-refractivity contribution in [2.45, 2.75) is 63.2 Å². The Morgan fingerprint density at radius 3 is 2.38 bits per heavy atom. The second-order valence-corrected chi connectivity index (χ2v) is 9.19. The second-order valence-electron chi connectivity index (χ2n) is 8.75. The van der Waals surface area contributed by atoms with Crippen molar-refractivity contribution in [3.8, 4) is 0 Å². The Hall–Kier alpha value is -0.320. The zero-order valence-electron chi connectivity index (χ0n) is 15.5. The van der Waals surface area contributed by atoms with Crippen LogP contribution >= 0.6 is 24.0 Å². The van der Waals surface area contributed by atoms with Crippen LogP contribution in [0.5, 0.6) is 0 Å². The summed E-state index contributed by atoms with van der Waals surface area (Å²) in [5.74, 6) is 2.64. The Morgan fingerprint density at radius 1 is 1.19 bits per heavy atom. The minimum absolute atomic E-state index is 0. The molecule has 0 saturated heterocycles. The summed E-state index contributed by atoms with van der Waals surface area (Å²) in [6, 6.07) is 8.03. The van der Waals surface area contributed by atoms with E-state index in [-0.39, 0.29) is 24.0 Å². The number of rotatable bonds is 7. The molecule has 2 unspecified atom stereocenters. The molecule has 4 bridgehead atoms. The molecule has 2 N–H and O–H groups in total. The summed E-state index contributed by atoms with van der Waals surface area (Å²) >= 11 is 6.05. The molecule has 2 atom stereocenters. The molecule has 4 aliphatic rings. The first kappa shape index (κ1) is 20.4. The summed E-state index contributed by atoms with van der Waals surface area (Å²) in [5.41, 5.74) is 1.22. The van der Waals surface area contributed by atoms with Crippen molar-refractivity contribution in [3.63, 3.8) is 0 Å². The molecule has 26 heavy (non-hydrogen) atoms. The molecule has 0 aliphatic heterocycles. The smallest absolute Gasteiger partial charge is 0.0898 e. The summed E-state index contributed by atoms with van der Waals surface area (Å²) in [7, 11) is 0. The van der Waals surface area contributed by atoms with Crippen LogP contribution in [0.2, 0.25) is 5.02 Å². The summed E-state index contributed by atoms with van der Waals surface area (Å²) in [6.45, 7) is 3.08. The zero-order valence-corrected chi connectivity index (χ0v) is 17.1. The molecular weight excluding hydrogens is 369 g/mol. The number of nitrogens with one attached hydrogen (secondary N) is 1. The van der Waals surface area contributed by atoms with Gasteiger partial charge in [0.2, 0.25) is 0 Å². The zero-order chi connectivity index (χ0) is 17.4. The van der Waals surface area contributed by atoms with Crippen molar-refractivity contribution in [1.82, 2.24) is 5.32 Å². The molecule has 4 saturated carbocycles. The number of halogens is 2. The molecule has 0 amide bonds. The molecule has 0 spiro atoms. The van der Waals surface area contributed by atoms with E-state index in [4.69, 9.17) is 16.3 Å². The van der Waals surface area contributed by atoms with Gasteiger partial charge in [-0.1, -0.05) is 23.7 Å². The van der Waals surface area contributed by atoms with Crippen molar-refractivity contribution in [1.29, 1.82) is 0 Å². The van der Waals surface area contributed by atoms with E-state index in [2.05, 4.69) is 18.3 Å². The Morgan fingerprint density at radius 2 is 1.81 bits per heavy atom. The van der Waals surface area contributed by atoms with Crippen LogP contribution in [0.4, 0.5) is 0 Å².